The van der Waals surface area contributed by atoms with Gasteiger partial charge >= 0.3 is 5.97 Å². The highest BCUT2D eigenvalue weighted by Crippen LogP contribution is 2.35. The molecule has 0 aliphatic heterocycles. The van der Waals surface area contributed by atoms with Gasteiger partial charge in [-0.05, 0) is 68.0 Å². The highest BCUT2D eigenvalue weighted by Gasteiger charge is 2.41. The maximum Gasteiger partial charge on any atom is 0.313 e. The molecule has 0 aromatic rings. The van der Waals surface area contributed by atoms with Crippen molar-refractivity contribution in [1.82, 2.24) is 4.90 Å². The summed E-state index contributed by atoms with van der Waals surface area (Å²) in [5.74, 6) is -0.278. The summed E-state index contributed by atoms with van der Waals surface area (Å²) in [5.41, 5.74) is 3.75. The molecule has 0 fully saturated rings. The minimum Gasteiger partial charge on any atom is -0.444 e. The van der Waals surface area contributed by atoms with E-state index in [1.54, 1.807) is 13.8 Å². The Balaban J connectivity index is 4.88. The third kappa shape index (κ3) is 9.86. The Labute approximate surface area is 160 Å². The Morgan fingerprint density at radius 3 is 2.08 bits per heavy atom. The lowest BCUT2D eigenvalue weighted by atomic mass is 9.77. The molecular weight excluding hydrogens is 332 g/mol. The van der Waals surface area contributed by atoms with Crippen molar-refractivity contribution in [2.45, 2.75) is 85.1 Å². The summed E-state index contributed by atoms with van der Waals surface area (Å²) < 4.78 is 17.3. The second-order valence-corrected chi connectivity index (χ2v) is 8.85. The third-order valence-electron chi connectivity index (χ3n) is 4.50. The van der Waals surface area contributed by atoms with Crippen molar-refractivity contribution in [3.05, 3.63) is 0 Å². The summed E-state index contributed by atoms with van der Waals surface area (Å²) in [5, 5.41) is 0. The van der Waals surface area contributed by atoms with Crippen LogP contribution in [-0.2, 0) is 19.0 Å². The van der Waals surface area contributed by atoms with Crippen LogP contribution in [0, 0.1) is 5.41 Å². The minimum absolute atomic E-state index is 0.170. The SMILES string of the molecule is CCCOCC(COC(C)(C)CC(C)(CC)C(=O)OC(C)(C)N)N(C)C. The lowest BCUT2D eigenvalue weighted by Gasteiger charge is -2.38. The number of esters is 1. The average Bonchev–Trinajstić information content (AvgIpc) is 2.48. The monoisotopic (exact) mass is 374 g/mol. The van der Waals surface area contributed by atoms with E-state index in [0.717, 1.165) is 13.0 Å². The lowest BCUT2D eigenvalue weighted by Crippen LogP contribution is -2.46. The summed E-state index contributed by atoms with van der Waals surface area (Å²) in [6, 6.07) is 0.170. The zero-order chi connectivity index (χ0) is 20.6. The van der Waals surface area contributed by atoms with Crippen LogP contribution in [0.15, 0.2) is 0 Å². The van der Waals surface area contributed by atoms with Crippen molar-refractivity contribution < 1.29 is 19.0 Å². The Morgan fingerprint density at radius 2 is 1.65 bits per heavy atom. The van der Waals surface area contributed by atoms with Crippen molar-refractivity contribution in [1.29, 1.82) is 0 Å². The van der Waals surface area contributed by atoms with E-state index in [1.165, 1.54) is 0 Å². The van der Waals surface area contributed by atoms with Crippen LogP contribution in [0.3, 0.4) is 0 Å². The average molecular weight is 375 g/mol. The van der Waals surface area contributed by atoms with Gasteiger partial charge in [0.2, 0.25) is 0 Å². The first-order valence-corrected chi connectivity index (χ1v) is 9.67. The van der Waals surface area contributed by atoms with Gasteiger partial charge in [-0.2, -0.15) is 0 Å². The third-order valence-corrected chi connectivity index (χ3v) is 4.50. The molecule has 0 bridgehead atoms. The fourth-order valence-electron chi connectivity index (χ4n) is 2.73. The lowest BCUT2D eigenvalue weighted by molar-refractivity contribution is -0.173. The van der Waals surface area contributed by atoms with Gasteiger partial charge in [0.05, 0.1) is 30.3 Å². The van der Waals surface area contributed by atoms with Crippen LogP contribution in [-0.4, -0.2) is 62.2 Å². The number of ether oxygens (including phenoxy) is 3. The minimum atomic E-state index is -0.981. The first-order valence-electron chi connectivity index (χ1n) is 9.67. The molecule has 2 unspecified atom stereocenters. The quantitative estimate of drug-likeness (QED) is 0.303. The van der Waals surface area contributed by atoms with Gasteiger partial charge in [0.1, 0.15) is 0 Å². The molecule has 0 aliphatic rings. The highest BCUT2D eigenvalue weighted by molar-refractivity contribution is 5.76. The van der Waals surface area contributed by atoms with E-state index < -0.39 is 16.7 Å². The van der Waals surface area contributed by atoms with Crippen molar-refractivity contribution in [3.8, 4) is 0 Å². The van der Waals surface area contributed by atoms with Gasteiger partial charge in [0.25, 0.3) is 0 Å². The molecule has 2 atom stereocenters. The van der Waals surface area contributed by atoms with Crippen LogP contribution in [0.2, 0.25) is 0 Å². The molecule has 2 N–H and O–H groups in total. The molecule has 6 nitrogen and oxygen atoms in total. The summed E-state index contributed by atoms with van der Waals surface area (Å²) in [4.78, 5) is 14.7. The Bertz CT molecular complexity index is 419. The van der Waals surface area contributed by atoms with Gasteiger partial charge in [-0.3, -0.25) is 10.5 Å². The molecule has 6 heteroatoms. The molecule has 0 radical (unpaired) electrons. The molecule has 0 aliphatic carbocycles. The number of carbonyl (C=O) groups is 1. The van der Waals surface area contributed by atoms with Crippen LogP contribution >= 0.6 is 0 Å². The number of hydrogen-bond donors (Lipinski definition) is 1. The van der Waals surface area contributed by atoms with Crippen LogP contribution in [0.1, 0.15) is 67.7 Å². The zero-order valence-electron chi connectivity index (χ0n) is 18.5. The van der Waals surface area contributed by atoms with E-state index in [0.29, 0.717) is 26.1 Å². The number of carbonyl (C=O) groups excluding carboxylic acids is 1. The largest absolute Gasteiger partial charge is 0.444 e. The maximum absolute atomic E-state index is 12.6. The van der Waals surface area contributed by atoms with E-state index in [9.17, 15) is 4.79 Å². The van der Waals surface area contributed by atoms with Crippen LogP contribution in [0.4, 0.5) is 0 Å². The van der Waals surface area contributed by atoms with Gasteiger partial charge < -0.3 is 19.1 Å². The second kappa shape index (κ2) is 10.6. The van der Waals surface area contributed by atoms with Crippen LogP contribution in [0.25, 0.3) is 0 Å². The Morgan fingerprint density at radius 1 is 1.08 bits per heavy atom. The molecule has 0 rings (SSSR count). The predicted molar refractivity (Wildman–Crippen MR) is 106 cm³/mol. The molecule has 0 saturated carbocycles. The van der Waals surface area contributed by atoms with Gasteiger partial charge in [0, 0.05) is 6.61 Å². The van der Waals surface area contributed by atoms with Crippen molar-refractivity contribution in [2.75, 3.05) is 33.9 Å². The fraction of sp³-hybridized carbons (Fsp3) is 0.950. The Hall–Kier alpha value is -0.690. The number of nitrogens with zero attached hydrogens (tertiary/aromatic N) is 1. The smallest absolute Gasteiger partial charge is 0.313 e. The van der Waals surface area contributed by atoms with E-state index >= 15 is 0 Å². The van der Waals surface area contributed by atoms with Gasteiger partial charge in [-0.25, -0.2) is 0 Å². The normalized spacial score (nSPS) is 16.4. The molecule has 156 valence electrons. The van der Waals surface area contributed by atoms with Crippen molar-refractivity contribution >= 4 is 5.97 Å². The van der Waals surface area contributed by atoms with Crippen LogP contribution < -0.4 is 5.73 Å². The van der Waals surface area contributed by atoms with Gasteiger partial charge in [-0.15, -0.1) is 0 Å². The standard InChI is InChI=1S/C20H42N2O4/c1-10-12-24-13-16(22(8)9)14-25-18(3,4)15-20(7,11-2)17(23)26-19(5,6)21/h16H,10-15,21H2,1-9H3. The Kier molecular flexibility index (Phi) is 10.3. The first-order chi connectivity index (χ1) is 11.8. The maximum atomic E-state index is 12.6. The molecule has 0 saturated heterocycles. The topological polar surface area (TPSA) is 74.0 Å². The summed E-state index contributed by atoms with van der Waals surface area (Å²) in [7, 11) is 4.04. The number of likely N-dealkylation sites (N-methyl/N-ethyl adjacent to an activating group) is 1. The zero-order valence-corrected chi connectivity index (χ0v) is 18.5. The van der Waals surface area contributed by atoms with E-state index in [4.69, 9.17) is 19.9 Å². The predicted octanol–water partition coefficient (Wildman–Crippen LogP) is 3.18. The van der Waals surface area contributed by atoms with Crippen LogP contribution in [0.5, 0.6) is 0 Å². The molecule has 0 aromatic carbocycles. The number of nitrogens with two attached hydrogens (primary N) is 1. The molecule has 0 heterocycles. The van der Waals surface area contributed by atoms with Gasteiger partial charge in [0.15, 0.2) is 5.72 Å². The first kappa shape index (κ1) is 25.3. The number of rotatable bonds is 13. The second-order valence-electron chi connectivity index (χ2n) is 8.85. The molecule has 0 amide bonds. The number of hydrogen-bond acceptors (Lipinski definition) is 6. The van der Waals surface area contributed by atoms with E-state index in [2.05, 4.69) is 11.8 Å². The molecule has 26 heavy (non-hydrogen) atoms. The summed E-state index contributed by atoms with van der Waals surface area (Å²) >= 11 is 0. The van der Waals surface area contributed by atoms with Gasteiger partial charge in [-0.1, -0.05) is 13.8 Å². The highest BCUT2D eigenvalue weighted by atomic mass is 16.6. The fourth-order valence-corrected chi connectivity index (χ4v) is 2.73. The van der Waals surface area contributed by atoms with E-state index in [1.807, 2.05) is 41.8 Å². The molecule has 0 spiro atoms. The molecule has 0 aromatic heterocycles. The summed E-state index contributed by atoms with van der Waals surface area (Å²) in [6.07, 6.45) is 2.22. The van der Waals surface area contributed by atoms with E-state index in [-0.39, 0.29) is 12.0 Å². The summed E-state index contributed by atoms with van der Waals surface area (Å²) in [6.45, 7) is 15.3. The van der Waals surface area contributed by atoms with Crippen molar-refractivity contribution in [2.24, 2.45) is 11.1 Å². The van der Waals surface area contributed by atoms with Crippen molar-refractivity contribution in [3.63, 3.8) is 0 Å². The molecular formula is C20H42N2O4.